The molecule has 4 rings (SSSR count). The Balaban J connectivity index is 1.30. The third kappa shape index (κ3) is 4.97. The first-order valence-corrected chi connectivity index (χ1v) is 10.9. The first-order chi connectivity index (χ1) is 13.7. The summed E-state index contributed by atoms with van der Waals surface area (Å²) >= 11 is 1.71. The Hall–Kier alpha value is -2.24. The van der Waals surface area contributed by atoms with Crippen molar-refractivity contribution in [3.8, 4) is 0 Å². The number of benzene rings is 2. The van der Waals surface area contributed by atoms with Crippen LogP contribution in [-0.4, -0.2) is 34.9 Å². The van der Waals surface area contributed by atoms with Gasteiger partial charge in [-0.2, -0.15) is 0 Å². The van der Waals surface area contributed by atoms with Crippen LogP contribution in [0, 0.1) is 5.92 Å². The molecule has 1 N–H and O–H groups in total. The molecule has 28 heavy (non-hydrogen) atoms. The number of hydrogen-bond donors (Lipinski definition) is 1. The number of aromatic nitrogens is 1. The smallest absolute Gasteiger partial charge is 0.234 e. The summed E-state index contributed by atoms with van der Waals surface area (Å²) in [6, 6.07) is 19.0. The van der Waals surface area contributed by atoms with Crippen LogP contribution >= 0.6 is 11.3 Å². The topological polar surface area (TPSA) is 45.2 Å². The fourth-order valence-corrected chi connectivity index (χ4v) is 4.58. The van der Waals surface area contributed by atoms with Gasteiger partial charge >= 0.3 is 0 Å². The molecule has 1 aromatic heterocycles. The van der Waals surface area contributed by atoms with Gasteiger partial charge in [-0.3, -0.25) is 9.69 Å². The minimum absolute atomic E-state index is 0.101. The maximum Gasteiger partial charge on any atom is 0.234 e. The highest BCUT2D eigenvalue weighted by molar-refractivity contribution is 7.18. The monoisotopic (exact) mass is 393 g/mol. The van der Waals surface area contributed by atoms with E-state index < -0.39 is 0 Å². The molecule has 0 saturated heterocycles. The van der Waals surface area contributed by atoms with Crippen LogP contribution in [0.3, 0.4) is 0 Å². The number of thiazole rings is 1. The number of nitrogens with one attached hydrogen (secondary N) is 1. The number of nitrogens with zero attached hydrogens (tertiary/aromatic N) is 2. The van der Waals surface area contributed by atoms with Crippen molar-refractivity contribution in [2.75, 3.05) is 13.1 Å². The van der Waals surface area contributed by atoms with Crippen LogP contribution in [0.4, 0.5) is 0 Å². The highest BCUT2D eigenvalue weighted by atomic mass is 32.1. The van der Waals surface area contributed by atoms with Crippen molar-refractivity contribution in [2.45, 2.75) is 38.8 Å². The molecule has 0 bridgehead atoms. The van der Waals surface area contributed by atoms with Gasteiger partial charge in [0, 0.05) is 25.6 Å². The second kappa shape index (κ2) is 8.84. The van der Waals surface area contributed by atoms with Crippen molar-refractivity contribution in [1.82, 2.24) is 15.2 Å². The Morgan fingerprint density at radius 1 is 1.18 bits per heavy atom. The van der Waals surface area contributed by atoms with Gasteiger partial charge in [0.25, 0.3) is 0 Å². The van der Waals surface area contributed by atoms with Crippen LogP contribution in [0.15, 0.2) is 54.6 Å². The highest BCUT2D eigenvalue weighted by Gasteiger charge is 2.32. The number of fused-ring (bicyclic) bond motifs is 1. The second-order valence-corrected chi connectivity index (χ2v) is 8.76. The third-order valence-electron chi connectivity index (χ3n) is 5.45. The van der Waals surface area contributed by atoms with E-state index in [1.54, 1.807) is 11.3 Å². The Morgan fingerprint density at radius 2 is 1.93 bits per heavy atom. The number of amides is 1. The minimum atomic E-state index is 0.101. The zero-order valence-electron chi connectivity index (χ0n) is 16.3. The van der Waals surface area contributed by atoms with E-state index in [4.69, 9.17) is 0 Å². The molecule has 1 saturated carbocycles. The summed E-state index contributed by atoms with van der Waals surface area (Å²) in [6.07, 6.45) is 3.35. The second-order valence-electron chi connectivity index (χ2n) is 7.64. The van der Waals surface area contributed by atoms with E-state index in [0.717, 1.165) is 29.4 Å². The lowest BCUT2D eigenvalue weighted by atomic mass is 10.1. The van der Waals surface area contributed by atoms with Crippen molar-refractivity contribution >= 4 is 27.5 Å². The van der Waals surface area contributed by atoms with Crippen LogP contribution in [-0.2, 0) is 17.8 Å². The number of rotatable bonds is 9. The molecule has 1 amide bonds. The molecule has 2 aromatic carbocycles. The fourth-order valence-electron chi connectivity index (χ4n) is 3.61. The zero-order chi connectivity index (χ0) is 19.3. The standard InChI is InChI=1S/C23H27N3OS/c1-17(19-11-12-19)26(15-18-7-3-2-4-8-18)16-22(27)24-14-13-23-25-20-9-5-6-10-21(20)28-23/h2-10,17,19H,11-16H2,1H3,(H,24,27). The molecule has 1 heterocycles. The van der Waals surface area contributed by atoms with Gasteiger partial charge in [0.05, 0.1) is 21.8 Å². The molecule has 1 aliphatic rings. The Morgan fingerprint density at radius 3 is 2.68 bits per heavy atom. The summed E-state index contributed by atoms with van der Waals surface area (Å²) in [5, 5.41) is 4.17. The van der Waals surface area contributed by atoms with Gasteiger partial charge < -0.3 is 5.32 Å². The molecule has 0 aliphatic heterocycles. The van der Waals surface area contributed by atoms with E-state index in [0.29, 0.717) is 19.1 Å². The van der Waals surface area contributed by atoms with Crippen LogP contribution in [0.1, 0.15) is 30.3 Å². The van der Waals surface area contributed by atoms with Crippen molar-refractivity contribution in [2.24, 2.45) is 5.92 Å². The van der Waals surface area contributed by atoms with Gasteiger partial charge in [-0.05, 0) is 43.4 Å². The number of carbonyl (C=O) groups excluding carboxylic acids is 1. The molecule has 1 aliphatic carbocycles. The SMILES string of the molecule is CC(C1CC1)N(CC(=O)NCCc1nc2ccccc2s1)Cc1ccccc1. The van der Waals surface area contributed by atoms with Gasteiger partial charge in [-0.25, -0.2) is 4.98 Å². The molecule has 3 aromatic rings. The quantitative estimate of drug-likeness (QED) is 0.591. The molecule has 1 fully saturated rings. The van der Waals surface area contributed by atoms with E-state index in [9.17, 15) is 4.79 Å². The van der Waals surface area contributed by atoms with Crippen molar-refractivity contribution in [1.29, 1.82) is 0 Å². The molecule has 1 unspecified atom stereocenters. The maximum absolute atomic E-state index is 12.6. The third-order valence-corrected chi connectivity index (χ3v) is 6.55. The Bertz CT molecular complexity index is 887. The van der Waals surface area contributed by atoms with E-state index in [1.807, 2.05) is 24.3 Å². The van der Waals surface area contributed by atoms with Gasteiger partial charge in [-0.1, -0.05) is 42.5 Å². The average Bonchev–Trinajstić information content (AvgIpc) is 3.47. The summed E-state index contributed by atoms with van der Waals surface area (Å²) in [6.45, 7) is 4.17. The highest BCUT2D eigenvalue weighted by Crippen LogP contribution is 2.35. The summed E-state index contributed by atoms with van der Waals surface area (Å²) in [5.41, 5.74) is 2.30. The van der Waals surface area contributed by atoms with Gasteiger partial charge in [-0.15, -0.1) is 11.3 Å². The summed E-state index contributed by atoms with van der Waals surface area (Å²) in [4.78, 5) is 19.5. The molecular weight excluding hydrogens is 366 g/mol. The van der Waals surface area contributed by atoms with Crippen molar-refractivity contribution in [3.63, 3.8) is 0 Å². The van der Waals surface area contributed by atoms with Gasteiger partial charge in [0.1, 0.15) is 0 Å². The lowest BCUT2D eigenvalue weighted by Crippen LogP contribution is -2.42. The van der Waals surface area contributed by atoms with Gasteiger partial charge in [0.15, 0.2) is 0 Å². The summed E-state index contributed by atoms with van der Waals surface area (Å²) in [5.74, 6) is 0.837. The van der Waals surface area contributed by atoms with Crippen LogP contribution in [0.25, 0.3) is 10.2 Å². The van der Waals surface area contributed by atoms with Crippen LogP contribution in [0.5, 0.6) is 0 Å². The lowest BCUT2D eigenvalue weighted by molar-refractivity contribution is -0.123. The van der Waals surface area contributed by atoms with Gasteiger partial charge in [0.2, 0.25) is 5.91 Å². The van der Waals surface area contributed by atoms with E-state index in [2.05, 4.69) is 52.5 Å². The zero-order valence-corrected chi connectivity index (χ0v) is 17.1. The van der Waals surface area contributed by atoms with Crippen LogP contribution in [0.2, 0.25) is 0 Å². The minimum Gasteiger partial charge on any atom is -0.355 e. The van der Waals surface area contributed by atoms with Crippen LogP contribution < -0.4 is 5.32 Å². The molecule has 4 nitrogen and oxygen atoms in total. The molecule has 1 atom stereocenters. The predicted molar refractivity (Wildman–Crippen MR) is 115 cm³/mol. The lowest BCUT2D eigenvalue weighted by Gasteiger charge is -2.28. The number of para-hydroxylation sites is 1. The van der Waals surface area contributed by atoms with E-state index in [1.165, 1.54) is 23.1 Å². The van der Waals surface area contributed by atoms with Crippen molar-refractivity contribution in [3.05, 3.63) is 65.2 Å². The van der Waals surface area contributed by atoms with E-state index in [-0.39, 0.29) is 5.91 Å². The number of hydrogen-bond acceptors (Lipinski definition) is 4. The largest absolute Gasteiger partial charge is 0.355 e. The number of carbonyl (C=O) groups is 1. The first kappa shape index (κ1) is 19.1. The molecular formula is C23H27N3OS. The van der Waals surface area contributed by atoms with Crippen molar-refractivity contribution < 1.29 is 4.79 Å². The van der Waals surface area contributed by atoms with E-state index >= 15 is 0 Å². The predicted octanol–water partition coefficient (Wildman–Crippen LogP) is 4.26. The normalized spacial score (nSPS) is 15.1. The molecule has 0 spiro atoms. The molecule has 0 radical (unpaired) electrons. The average molecular weight is 394 g/mol. The maximum atomic E-state index is 12.6. The molecule has 5 heteroatoms. The Kier molecular flexibility index (Phi) is 6.03. The molecule has 146 valence electrons. The summed E-state index contributed by atoms with van der Waals surface area (Å²) in [7, 11) is 0. The Labute approximate surface area is 170 Å². The first-order valence-electron chi connectivity index (χ1n) is 10.1. The fraction of sp³-hybridized carbons (Fsp3) is 0.391. The summed E-state index contributed by atoms with van der Waals surface area (Å²) < 4.78 is 1.20.